The SMILES string of the molecule is O=C(NCCN1CCCC1)c1cccc(-c2cccc(CN(CCc3ccc(OC(=O)C(F)(F)F)cc3)C(=O)COCc3ccccc3)c2)c1. The Labute approximate surface area is 289 Å². The lowest BCUT2D eigenvalue weighted by atomic mass is 10.0. The van der Waals surface area contributed by atoms with E-state index < -0.39 is 12.1 Å². The Morgan fingerprint density at radius 1 is 0.780 bits per heavy atom. The van der Waals surface area contributed by atoms with Gasteiger partial charge in [-0.05, 0) is 90.5 Å². The third kappa shape index (κ3) is 11.0. The highest BCUT2D eigenvalue weighted by Gasteiger charge is 2.41. The fourth-order valence-electron chi connectivity index (χ4n) is 5.71. The van der Waals surface area contributed by atoms with Crippen LogP contribution in [0.2, 0.25) is 0 Å². The molecule has 8 nitrogen and oxygen atoms in total. The van der Waals surface area contributed by atoms with Gasteiger partial charge in [-0.3, -0.25) is 9.59 Å². The molecule has 0 radical (unpaired) electrons. The second-order valence-electron chi connectivity index (χ2n) is 12.2. The molecule has 0 aromatic heterocycles. The predicted octanol–water partition coefficient (Wildman–Crippen LogP) is 6.44. The molecule has 262 valence electrons. The number of benzene rings is 4. The fraction of sp³-hybridized carbons (Fsp3) is 0.308. The summed E-state index contributed by atoms with van der Waals surface area (Å²) in [5.74, 6) is -2.86. The van der Waals surface area contributed by atoms with Crippen molar-refractivity contribution in [1.82, 2.24) is 15.1 Å². The Morgan fingerprint density at radius 2 is 1.46 bits per heavy atom. The van der Waals surface area contributed by atoms with Crippen molar-refractivity contribution in [3.05, 3.63) is 125 Å². The first-order valence-corrected chi connectivity index (χ1v) is 16.6. The molecule has 5 rings (SSSR count). The number of rotatable bonds is 15. The number of likely N-dealkylation sites (tertiary alicyclic amines) is 1. The van der Waals surface area contributed by atoms with Gasteiger partial charge in [0.1, 0.15) is 12.4 Å². The number of hydrogen-bond donors (Lipinski definition) is 1. The lowest BCUT2D eigenvalue weighted by Gasteiger charge is -2.23. The van der Waals surface area contributed by atoms with Gasteiger partial charge in [0.15, 0.2) is 0 Å². The number of carbonyl (C=O) groups excluding carboxylic acids is 3. The maximum absolute atomic E-state index is 13.5. The molecule has 1 aliphatic rings. The van der Waals surface area contributed by atoms with Crippen LogP contribution < -0.4 is 10.1 Å². The summed E-state index contributed by atoms with van der Waals surface area (Å²) in [6, 6.07) is 30.4. The second kappa shape index (κ2) is 17.6. The molecule has 2 amide bonds. The zero-order chi connectivity index (χ0) is 35.3. The molecule has 4 aromatic carbocycles. The highest BCUT2D eigenvalue weighted by Crippen LogP contribution is 2.24. The lowest BCUT2D eigenvalue weighted by Crippen LogP contribution is -2.35. The Balaban J connectivity index is 1.24. The molecule has 1 heterocycles. The Bertz CT molecular complexity index is 1730. The van der Waals surface area contributed by atoms with Gasteiger partial charge in [0.05, 0.1) is 6.61 Å². The number of nitrogens with one attached hydrogen (secondary N) is 1. The maximum atomic E-state index is 13.5. The van der Waals surface area contributed by atoms with E-state index in [9.17, 15) is 27.6 Å². The summed E-state index contributed by atoms with van der Waals surface area (Å²) in [6.45, 7) is 4.28. The Kier molecular flexibility index (Phi) is 12.8. The number of hydrogen-bond acceptors (Lipinski definition) is 6. The molecule has 1 N–H and O–H groups in total. The largest absolute Gasteiger partial charge is 0.491 e. The maximum Gasteiger partial charge on any atom is 0.491 e. The molecule has 50 heavy (non-hydrogen) atoms. The van der Waals surface area contributed by atoms with Crippen LogP contribution in [0.1, 0.15) is 39.9 Å². The van der Waals surface area contributed by atoms with Crippen LogP contribution in [0.3, 0.4) is 0 Å². The summed E-state index contributed by atoms with van der Waals surface area (Å²) < 4.78 is 47.9. The third-order valence-electron chi connectivity index (χ3n) is 8.40. The number of nitrogens with zero attached hydrogens (tertiary/aromatic N) is 2. The van der Waals surface area contributed by atoms with E-state index in [1.165, 1.54) is 25.0 Å². The van der Waals surface area contributed by atoms with Crippen LogP contribution in [0.4, 0.5) is 13.2 Å². The molecule has 0 saturated carbocycles. The summed E-state index contributed by atoms with van der Waals surface area (Å²) in [7, 11) is 0. The monoisotopic (exact) mass is 687 g/mol. The van der Waals surface area contributed by atoms with Crippen LogP contribution in [0, 0.1) is 0 Å². The molecule has 0 atom stereocenters. The van der Waals surface area contributed by atoms with Gasteiger partial charge >= 0.3 is 12.1 Å². The van der Waals surface area contributed by atoms with Crippen LogP contribution in [0.15, 0.2) is 103 Å². The highest BCUT2D eigenvalue weighted by molar-refractivity contribution is 5.95. The fourth-order valence-corrected chi connectivity index (χ4v) is 5.71. The minimum atomic E-state index is -5.09. The molecular weight excluding hydrogens is 647 g/mol. The summed E-state index contributed by atoms with van der Waals surface area (Å²) >= 11 is 0. The molecule has 4 aromatic rings. The first-order chi connectivity index (χ1) is 24.1. The average Bonchev–Trinajstić information content (AvgIpc) is 3.64. The van der Waals surface area contributed by atoms with E-state index in [1.807, 2.05) is 72.8 Å². The van der Waals surface area contributed by atoms with Crippen molar-refractivity contribution < 1.29 is 37.0 Å². The van der Waals surface area contributed by atoms with Gasteiger partial charge < -0.3 is 24.6 Å². The van der Waals surface area contributed by atoms with Crippen LogP contribution in [-0.2, 0) is 33.9 Å². The third-order valence-corrected chi connectivity index (χ3v) is 8.40. The standard InChI is InChI=1S/C39H40F3N3O5/c40-39(41,42)38(48)50-35-16-14-29(15-17-35)18-22-45(36(46)28-49-27-30-8-2-1-3-9-30)26-31-10-6-11-32(24-31)33-12-7-13-34(25-33)37(47)43-19-23-44-20-4-5-21-44/h1-3,6-17,24-25H,4-5,18-23,26-28H2,(H,43,47). The number of alkyl halides is 3. The summed E-state index contributed by atoms with van der Waals surface area (Å²) in [5, 5.41) is 3.02. The zero-order valence-corrected chi connectivity index (χ0v) is 27.7. The van der Waals surface area contributed by atoms with Crippen LogP contribution >= 0.6 is 0 Å². The van der Waals surface area contributed by atoms with Crippen molar-refractivity contribution in [3.8, 4) is 16.9 Å². The average molecular weight is 688 g/mol. The molecule has 0 spiro atoms. The molecule has 1 aliphatic heterocycles. The van der Waals surface area contributed by atoms with Crippen molar-refractivity contribution in [2.24, 2.45) is 0 Å². The lowest BCUT2D eigenvalue weighted by molar-refractivity contribution is -0.189. The molecule has 1 fully saturated rings. The van der Waals surface area contributed by atoms with Gasteiger partial charge in [-0.15, -0.1) is 0 Å². The van der Waals surface area contributed by atoms with Crippen molar-refractivity contribution in [2.45, 2.75) is 38.6 Å². The normalized spacial score (nSPS) is 13.2. The smallest absolute Gasteiger partial charge is 0.420 e. The van der Waals surface area contributed by atoms with E-state index in [0.29, 0.717) is 25.1 Å². The van der Waals surface area contributed by atoms with E-state index in [0.717, 1.165) is 47.5 Å². The van der Waals surface area contributed by atoms with E-state index in [1.54, 1.807) is 23.1 Å². The number of esters is 1. The topological polar surface area (TPSA) is 88.2 Å². The summed E-state index contributed by atoms with van der Waals surface area (Å²) in [4.78, 5) is 41.6. The molecule has 0 bridgehead atoms. The zero-order valence-electron chi connectivity index (χ0n) is 27.7. The molecule has 11 heteroatoms. The Morgan fingerprint density at radius 3 is 2.18 bits per heavy atom. The van der Waals surface area contributed by atoms with Crippen LogP contribution in [0.25, 0.3) is 11.1 Å². The van der Waals surface area contributed by atoms with Crippen molar-refractivity contribution >= 4 is 17.8 Å². The van der Waals surface area contributed by atoms with Crippen molar-refractivity contribution in [1.29, 1.82) is 0 Å². The van der Waals surface area contributed by atoms with E-state index in [-0.39, 0.29) is 37.3 Å². The number of ether oxygens (including phenoxy) is 2. The number of halogens is 3. The van der Waals surface area contributed by atoms with E-state index >= 15 is 0 Å². The quantitative estimate of drug-likeness (QED) is 0.115. The van der Waals surface area contributed by atoms with Gasteiger partial charge in [0.2, 0.25) is 5.91 Å². The molecule has 0 aliphatic carbocycles. The second-order valence-corrected chi connectivity index (χ2v) is 12.2. The first kappa shape index (κ1) is 36.3. The predicted molar refractivity (Wildman–Crippen MR) is 183 cm³/mol. The Hall–Kier alpha value is -5.00. The van der Waals surface area contributed by atoms with Gasteiger partial charge in [0.25, 0.3) is 5.91 Å². The molecule has 1 saturated heterocycles. The molecular formula is C39H40F3N3O5. The van der Waals surface area contributed by atoms with Gasteiger partial charge in [-0.2, -0.15) is 13.2 Å². The highest BCUT2D eigenvalue weighted by atomic mass is 19.4. The van der Waals surface area contributed by atoms with Crippen molar-refractivity contribution in [2.75, 3.05) is 39.3 Å². The number of carbonyl (C=O) groups is 3. The van der Waals surface area contributed by atoms with Gasteiger partial charge in [-0.25, -0.2) is 4.79 Å². The molecule has 0 unspecified atom stereocenters. The van der Waals surface area contributed by atoms with E-state index in [4.69, 9.17) is 4.74 Å². The van der Waals surface area contributed by atoms with Gasteiger partial charge in [0, 0.05) is 31.7 Å². The first-order valence-electron chi connectivity index (χ1n) is 16.6. The van der Waals surface area contributed by atoms with Gasteiger partial charge in [-0.1, -0.05) is 72.8 Å². The van der Waals surface area contributed by atoms with Crippen molar-refractivity contribution in [3.63, 3.8) is 0 Å². The van der Waals surface area contributed by atoms with Crippen LogP contribution in [-0.4, -0.2) is 73.1 Å². The minimum absolute atomic E-state index is 0.124. The summed E-state index contributed by atoms with van der Waals surface area (Å²) in [5.41, 5.74) is 4.88. The number of amides is 2. The van der Waals surface area contributed by atoms with E-state index in [2.05, 4.69) is 15.0 Å². The minimum Gasteiger partial charge on any atom is -0.420 e. The summed E-state index contributed by atoms with van der Waals surface area (Å²) in [6.07, 6.45) is -2.29. The van der Waals surface area contributed by atoms with Crippen LogP contribution in [0.5, 0.6) is 5.75 Å².